The number of nitrogens with zero attached hydrogens (tertiary/aromatic N) is 1. The van der Waals surface area contributed by atoms with E-state index in [-0.39, 0.29) is 13.2 Å². The van der Waals surface area contributed by atoms with Crippen molar-refractivity contribution in [2.75, 3.05) is 19.6 Å². The molecule has 0 heterocycles. The van der Waals surface area contributed by atoms with Crippen LogP contribution in [0.3, 0.4) is 0 Å². The predicted octanol–water partition coefficient (Wildman–Crippen LogP) is 2.34. The lowest BCUT2D eigenvalue weighted by Crippen LogP contribution is -2.32. The van der Waals surface area contributed by atoms with E-state index in [1.165, 1.54) is 6.92 Å². The maximum Gasteiger partial charge on any atom is 0.407 e. The Hall–Kier alpha value is -2.61. The largest absolute Gasteiger partial charge is 0.480 e. The highest BCUT2D eigenvalue weighted by Crippen LogP contribution is 2.03. The molecule has 0 unspecified atom stereocenters. The van der Waals surface area contributed by atoms with Crippen LogP contribution in [0.4, 0.5) is 4.79 Å². The van der Waals surface area contributed by atoms with Crippen molar-refractivity contribution in [2.24, 2.45) is 0 Å². The van der Waals surface area contributed by atoms with E-state index >= 15 is 0 Å². The zero-order valence-corrected chi connectivity index (χ0v) is 15.0. The van der Waals surface area contributed by atoms with Gasteiger partial charge in [-0.3, -0.25) is 9.59 Å². The van der Waals surface area contributed by atoms with E-state index in [1.54, 1.807) is 0 Å². The predicted molar refractivity (Wildman–Crippen MR) is 94.1 cm³/mol. The third-order valence-electron chi connectivity index (χ3n) is 3.39. The van der Waals surface area contributed by atoms with Crippen LogP contribution in [0.5, 0.6) is 0 Å². The van der Waals surface area contributed by atoms with Gasteiger partial charge in [0.15, 0.2) is 0 Å². The molecule has 0 spiro atoms. The zero-order valence-electron chi connectivity index (χ0n) is 15.0. The number of carboxylic acids is 1. The van der Waals surface area contributed by atoms with E-state index in [1.807, 2.05) is 30.3 Å². The van der Waals surface area contributed by atoms with Gasteiger partial charge in [0.25, 0.3) is 0 Å². The normalized spacial score (nSPS) is 10.4. The number of alkyl carbamates (subject to hydrolysis) is 1. The molecule has 0 aliphatic carbocycles. The van der Waals surface area contributed by atoms with Crippen LogP contribution in [0.2, 0.25) is 0 Å². The average Bonchev–Trinajstić information content (AvgIpc) is 2.59. The first-order chi connectivity index (χ1) is 12.5. The molecule has 0 atom stereocenters. The summed E-state index contributed by atoms with van der Waals surface area (Å²) in [6.07, 6.45) is 2.72. The van der Waals surface area contributed by atoms with E-state index < -0.39 is 18.0 Å². The summed E-state index contributed by atoms with van der Waals surface area (Å²) < 4.78 is 5.10. The highest BCUT2D eigenvalue weighted by atomic mass is 16.7. The van der Waals surface area contributed by atoms with Crippen LogP contribution in [-0.2, 0) is 25.8 Å². The molecular formula is C18H26N2O6. The second-order valence-corrected chi connectivity index (χ2v) is 5.74. The molecule has 1 aromatic rings. The second kappa shape index (κ2) is 12.7. The Kier molecular flexibility index (Phi) is 10.5. The van der Waals surface area contributed by atoms with Gasteiger partial charge in [0.2, 0.25) is 0 Å². The van der Waals surface area contributed by atoms with Gasteiger partial charge in [-0.25, -0.2) is 4.79 Å². The van der Waals surface area contributed by atoms with Gasteiger partial charge in [-0.15, -0.1) is 5.06 Å². The summed E-state index contributed by atoms with van der Waals surface area (Å²) in [6, 6.07) is 9.44. The Morgan fingerprint density at radius 1 is 1.08 bits per heavy atom. The van der Waals surface area contributed by atoms with Crippen molar-refractivity contribution >= 4 is 18.0 Å². The smallest absolute Gasteiger partial charge is 0.407 e. The van der Waals surface area contributed by atoms with E-state index in [4.69, 9.17) is 14.7 Å². The third kappa shape index (κ3) is 11.0. The number of carboxylic acid groups (broad SMARTS) is 1. The van der Waals surface area contributed by atoms with Crippen LogP contribution in [0.25, 0.3) is 0 Å². The molecule has 0 radical (unpaired) electrons. The Balaban J connectivity index is 2.04. The van der Waals surface area contributed by atoms with Crippen molar-refractivity contribution in [3.05, 3.63) is 35.9 Å². The van der Waals surface area contributed by atoms with Gasteiger partial charge in [-0.05, 0) is 18.4 Å². The summed E-state index contributed by atoms with van der Waals surface area (Å²) in [6.45, 7) is 2.00. The highest BCUT2D eigenvalue weighted by molar-refractivity contribution is 5.70. The number of carbonyl (C=O) groups excluding carboxylic acids is 2. The van der Waals surface area contributed by atoms with Gasteiger partial charge in [0.1, 0.15) is 13.2 Å². The number of hydrogen-bond acceptors (Lipinski definition) is 6. The van der Waals surface area contributed by atoms with Crippen molar-refractivity contribution in [3.8, 4) is 0 Å². The first kappa shape index (κ1) is 21.4. The minimum atomic E-state index is -1.05. The lowest BCUT2D eigenvalue weighted by molar-refractivity contribution is -0.191. The van der Waals surface area contributed by atoms with Crippen LogP contribution in [-0.4, -0.2) is 47.8 Å². The van der Waals surface area contributed by atoms with Gasteiger partial charge in [0.05, 0.1) is 0 Å². The van der Waals surface area contributed by atoms with Crippen LogP contribution in [0, 0.1) is 0 Å². The molecule has 0 aromatic heterocycles. The number of nitrogens with one attached hydrogen (secondary N) is 1. The molecule has 0 bridgehead atoms. The van der Waals surface area contributed by atoms with E-state index in [0.717, 1.165) is 29.9 Å². The van der Waals surface area contributed by atoms with Gasteiger partial charge >= 0.3 is 18.0 Å². The van der Waals surface area contributed by atoms with Crippen LogP contribution in [0.15, 0.2) is 30.3 Å². The van der Waals surface area contributed by atoms with E-state index in [9.17, 15) is 14.4 Å². The summed E-state index contributed by atoms with van der Waals surface area (Å²) in [7, 11) is 0. The second-order valence-electron chi connectivity index (χ2n) is 5.74. The Morgan fingerprint density at radius 3 is 2.42 bits per heavy atom. The lowest BCUT2D eigenvalue weighted by Gasteiger charge is -2.18. The minimum Gasteiger partial charge on any atom is -0.480 e. The molecule has 0 saturated carbocycles. The van der Waals surface area contributed by atoms with Crippen molar-refractivity contribution in [1.29, 1.82) is 0 Å². The summed E-state index contributed by atoms with van der Waals surface area (Å²) >= 11 is 0. The molecule has 0 aliphatic heterocycles. The molecule has 2 N–H and O–H groups in total. The maximum atomic E-state index is 11.6. The topological polar surface area (TPSA) is 105 Å². The number of carbonyl (C=O) groups is 3. The molecule has 26 heavy (non-hydrogen) atoms. The van der Waals surface area contributed by atoms with E-state index in [2.05, 4.69) is 5.32 Å². The Labute approximate surface area is 153 Å². The molecule has 0 aliphatic rings. The van der Waals surface area contributed by atoms with Gasteiger partial charge in [0, 0.05) is 20.0 Å². The molecule has 1 rings (SSSR count). The number of hydroxylamine groups is 2. The summed E-state index contributed by atoms with van der Waals surface area (Å²) in [5, 5.41) is 12.6. The number of amides is 1. The standard InChI is InChI=1S/C18H26N2O6/c1-15(21)26-20(13-17(22)23)12-8-3-2-7-11-19-18(24)25-14-16-9-5-4-6-10-16/h4-6,9-10H,2-3,7-8,11-14H2,1H3,(H,19,24)(H,22,23). The van der Waals surface area contributed by atoms with Crippen molar-refractivity contribution in [1.82, 2.24) is 10.4 Å². The monoisotopic (exact) mass is 366 g/mol. The first-order valence-corrected chi connectivity index (χ1v) is 8.57. The number of benzene rings is 1. The number of rotatable bonds is 12. The summed E-state index contributed by atoms with van der Waals surface area (Å²) in [5.74, 6) is -1.59. The molecule has 0 fully saturated rings. The van der Waals surface area contributed by atoms with Crippen molar-refractivity contribution < 1.29 is 29.1 Å². The minimum absolute atomic E-state index is 0.238. The van der Waals surface area contributed by atoms with Crippen molar-refractivity contribution in [2.45, 2.75) is 39.2 Å². The number of aliphatic carboxylic acids is 1. The first-order valence-electron chi connectivity index (χ1n) is 8.57. The summed E-state index contributed by atoms with van der Waals surface area (Å²) in [5.41, 5.74) is 0.932. The number of hydrogen-bond donors (Lipinski definition) is 2. The molecule has 8 heteroatoms. The van der Waals surface area contributed by atoms with Gasteiger partial charge < -0.3 is 20.0 Å². The van der Waals surface area contributed by atoms with Gasteiger partial charge in [-0.1, -0.05) is 43.2 Å². The van der Waals surface area contributed by atoms with Crippen molar-refractivity contribution in [3.63, 3.8) is 0 Å². The molecule has 0 saturated heterocycles. The Morgan fingerprint density at radius 2 is 1.77 bits per heavy atom. The van der Waals surface area contributed by atoms with Gasteiger partial charge in [-0.2, -0.15) is 0 Å². The fourth-order valence-electron chi connectivity index (χ4n) is 2.22. The van der Waals surface area contributed by atoms with Crippen LogP contribution in [0.1, 0.15) is 38.2 Å². The molecule has 1 amide bonds. The molecule has 144 valence electrons. The van der Waals surface area contributed by atoms with Crippen LogP contribution < -0.4 is 5.32 Å². The Bertz CT molecular complexity index is 548. The fraction of sp³-hybridized carbons (Fsp3) is 0.500. The lowest BCUT2D eigenvalue weighted by atomic mass is 10.2. The third-order valence-corrected chi connectivity index (χ3v) is 3.39. The number of ether oxygens (including phenoxy) is 1. The summed E-state index contributed by atoms with van der Waals surface area (Å²) in [4.78, 5) is 38.0. The SMILES string of the molecule is CC(=O)ON(CCCCCCNC(=O)OCc1ccccc1)CC(=O)O. The quantitative estimate of drug-likeness (QED) is 0.432. The number of unbranched alkanes of at least 4 members (excludes halogenated alkanes) is 3. The average molecular weight is 366 g/mol. The fourth-order valence-corrected chi connectivity index (χ4v) is 2.22. The van der Waals surface area contributed by atoms with Crippen LogP contribution >= 0.6 is 0 Å². The molecular weight excluding hydrogens is 340 g/mol. The molecule has 1 aromatic carbocycles. The zero-order chi connectivity index (χ0) is 19.2. The highest BCUT2D eigenvalue weighted by Gasteiger charge is 2.12. The molecule has 8 nitrogen and oxygen atoms in total. The maximum absolute atomic E-state index is 11.6. The van der Waals surface area contributed by atoms with E-state index in [0.29, 0.717) is 19.5 Å².